The number of hydrogen-bond donors (Lipinski definition) is 2. The molecule has 10 heteroatoms. The summed E-state index contributed by atoms with van der Waals surface area (Å²) in [5, 5.41) is 4.39. The Bertz CT molecular complexity index is 1510. The Morgan fingerprint density at radius 3 is 2.74 bits per heavy atom. The number of nitrogens with one attached hydrogen (secondary N) is 1. The number of aromatic nitrogens is 5. The number of anilines is 1. The first kappa shape index (κ1) is 23.0. The number of furan rings is 1. The SMILES string of the molecule is Cc1cnc(-c2cc3ccoc3cc2Cc2nc3c(N)nc(F)nc3n2CCNCC(C)(C)C)o1. The van der Waals surface area contributed by atoms with E-state index in [1.807, 2.05) is 29.7 Å². The molecule has 1 aromatic carbocycles. The van der Waals surface area contributed by atoms with Gasteiger partial charge in [-0.05, 0) is 36.1 Å². The fourth-order valence-corrected chi connectivity index (χ4v) is 4.11. The lowest BCUT2D eigenvalue weighted by atomic mass is 9.97. The Balaban J connectivity index is 1.57. The third kappa shape index (κ3) is 4.74. The minimum absolute atomic E-state index is 0.0141. The molecule has 5 rings (SSSR count). The van der Waals surface area contributed by atoms with Gasteiger partial charge in [0.2, 0.25) is 5.89 Å². The van der Waals surface area contributed by atoms with Gasteiger partial charge in [0.25, 0.3) is 0 Å². The number of rotatable bonds is 7. The number of hydrogen-bond acceptors (Lipinski definition) is 8. The van der Waals surface area contributed by atoms with Gasteiger partial charge in [0.15, 0.2) is 17.0 Å². The molecule has 0 bridgehead atoms. The van der Waals surface area contributed by atoms with Crippen molar-refractivity contribution in [2.75, 3.05) is 18.8 Å². The standard InChI is InChI=1S/C25H28FN7O2/c1-14-12-29-23(35-14)17-9-15-5-8-34-18(15)10-16(17)11-19-30-20-21(27)31-24(26)32-22(20)33(19)7-6-28-13-25(2,3)4/h5,8-10,12,28H,6-7,11,13H2,1-4H3,(H2,27,31,32). The van der Waals surface area contributed by atoms with Crippen LogP contribution in [0.25, 0.3) is 33.6 Å². The molecule has 35 heavy (non-hydrogen) atoms. The largest absolute Gasteiger partial charge is 0.464 e. The second-order valence-electron chi connectivity index (χ2n) is 9.89. The quantitative estimate of drug-likeness (QED) is 0.260. The van der Waals surface area contributed by atoms with Crippen LogP contribution in [0.3, 0.4) is 0 Å². The van der Waals surface area contributed by atoms with E-state index >= 15 is 0 Å². The van der Waals surface area contributed by atoms with E-state index in [4.69, 9.17) is 19.6 Å². The molecule has 0 aliphatic heterocycles. The molecule has 0 fully saturated rings. The number of nitrogen functional groups attached to an aromatic ring is 1. The highest BCUT2D eigenvalue weighted by Crippen LogP contribution is 2.31. The summed E-state index contributed by atoms with van der Waals surface area (Å²) in [7, 11) is 0. The van der Waals surface area contributed by atoms with Crippen molar-refractivity contribution < 1.29 is 13.2 Å². The zero-order chi connectivity index (χ0) is 24.7. The maximum Gasteiger partial charge on any atom is 0.312 e. The summed E-state index contributed by atoms with van der Waals surface area (Å²) < 4.78 is 27.5. The third-order valence-corrected chi connectivity index (χ3v) is 5.72. The number of benzene rings is 1. The second kappa shape index (κ2) is 8.77. The van der Waals surface area contributed by atoms with Crippen molar-refractivity contribution in [3.8, 4) is 11.5 Å². The van der Waals surface area contributed by atoms with Crippen LogP contribution in [-0.4, -0.2) is 37.6 Å². The van der Waals surface area contributed by atoms with Gasteiger partial charge in [-0.15, -0.1) is 0 Å². The second-order valence-corrected chi connectivity index (χ2v) is 9.89. The molecule has 4 heterocycles. The van der Waals surface area contributed by atoms with Crippen LogP contribution in [0.2, 0.25) is 0 Å². The van der Waals surface area contributed by atoms with Gasteiger partial charge < -0.3 is 24.5 Å². The first-order valence-corrected chi connectivity index (χ1v) is 11.5. The number of oxazole rings is 1. The minimum atomic E-state index is -0.877. The predicted molar refractivity (Wildman–Crippen MR) is 131 cm³/mol. The van der Waals surface area contributed by atoms with Gasteiger partial charge in [-0.3, -0.25) is 0 Å². The van der Waals surface area contributed by atoms with Crippen LogP contribution in [0, 0.1) is 18.4 Å². The molecule has 0 atom stereocenters. The van der Waals surface area contributed by atoms with Gasteiger partial charge in [-0.1, -0.05) is 20.8 Å². The first-order valence-electron chi connectivity index (χ1n) is 11.5. The lowest BCUT2D eigenvalue weighted by Crippen LogP contribution is -2.30. The van der Waals surface area contributed by atoms with Crippen LogP contribution in [-0.2, 0) is 13.0 Å². The van der Waals surface area contributed by atoms with Crippen LogP contribution in [0.4, 0.5) is 10.2 Å². The molecule has 5 aromatic rings. The predicted octanol–water partition coefficient (Wildman–Crippen LogP) is 4.48. The number of nitrogens with two attached hydrogens (primary N) is 1. The fourth-order valence-electron chi connectivity index (χ4n) is 4.11. The van der Waals surface area contributed by atoms with Crippen molar-refractivity contribution in [2.24, 2.45) is 5.41 Å². The monoisotopic (exact) mass is 477 g/mol. The Morgan fingerprint density at radius 1 is 1.17 bits per heavy atom. The molecule has 0 saturated carbocycles. The summed E-state index contributed by atoms with van der Waals surface area (Å²) in [6.45, 7) is 10.4. The van der Waals surface area contributed by atoms with E-state index in [1.54, 1.807) is 12.5 Å². The van der Waals surface area contributed by atoms with E-state index < -0.39 is 6.08 Å². The molecule has 0 spiro atoms. The molecule has 0 unspecified atom stereocenters. The van der Waals surface area contributed by atoms with Gasteiger partial charge in [0.1, 0.15) is 17.2 Å². The van der Waals surface area contributed by atoms with Crippen LogP contribution < -0.4 is 11.1 Å². The summed E-state index contributed by atoms with van der Waals surface area (Å²) in [6, 6.07) is 5.85. The third-order valence-electron chi connectivity index (χ3n) is 5.72. The van der Waals surface area contributed by atoms with Gasteiger partial charge in [0, 0.05) is 37.0 Å². The molecule has 0 aliphatic rings. The number of imidazole rings is 1. The Morgan fingerprint density at radius 2 is 2.00 bits per heavy atom. The molecule has 0 aliphatic carbocycles. The molecular formula is C25H28FN7O2. The highest BCUT2D eigenvalue weighted by molar-refractivity contribution is 5.85. The highest BCUT2D eigenvalue weighted by atomic mass is 19.1. The van der Waals surface area contributed by atoms with Crippen molar-refractivity contribution in [3.05, 3.63) is 53.9 Å². The van der Waals surface area contributed by atoms with E-state index in [9.17, 15) is 4.39 Å². The van der Waals surface area contributed by atoms with Gasteiger partial charge >= 0.3 is 6.08 Å². The highest BCUT2D eigenvalue weighted by Gasteiger charge is 2.21. The maximum absolute atomic E-state index is 14.1. The average Bonchev–Trinajstić information content (AvgIpc) is 3.49. The summed E-state index contributed by atoms with van der Waals surface area (Å²) in [5.74, 6) is 1.93. The van der Waals surface area contributed by atoms with Crippen LogP contribution >= 0.6 is 0 Å². The molecule has 0 amide bonds. The number of fused-ring (bicyclic) bond motifs is 2. The smallest absolute Gasteiger partial charge is 0.312 e. The lowest BCUT2D eigenvalue weighted by Gasteiger charge is -2.19. The number of aryl methyl sites for hydroxylation is 1. The number of nitrogens with zero attached hydrogens (tertiary/aromatic N) is 5. The normalized spacial score (nSPS) is 12.3. The Labute approximate surface area is 201 Å². The lowest BCUT2D eigenvalue weighted by molar-refractivity contribution is 0.375. The van der Waals surface area contributed by atoms with E-state index in [1.165, 1.54) is 0 Å². The van der Waals surface area contributed by atoms with E-state index in [0.717, 1.165) is 28.6 Å². The Hall–Kier alpha value is -3.79. The van der Waals surface area contributed by atoms with Crippen molar-refractivity contribution in [2.45, 2.75) is 40.7 Å². The van der Waals surface area contributed by atoms with Crippen molar-refractivity contribution in [1.29, 1.82) is 0 Å². The van der Waals surface area contributed by atoms with Gasteiger partial charge in [-0.2, -0.15) is 14.4 Å². The topological polar surface area (TPSA) is 121 Å². The molecule has 4 aromatic heterocycles. The zero-order valence-electron chi connectivity index (χ0n) is 20.2. The van der Waals surface area contributed by atoms with Crippen molar-refractivity contribution >= 4 is 28.0 Å². The summed E-state index contributed by atoms with van der Waals surface area (Å²) >= 11 is 0. The Kier molecular flexibility index (Phi) is 5.76. The summed E-state index contributed by atoms with van der Waals surface area (Å²) in [4.78, 5) is 16.8. The van der Waals surface area contributed by atoms with E-state index in [0.29, 0.717) is 48.1 Å². The van der Waals surface area contributed by atoms with E-state index in [-0.39, 0.29) is 11.2 Å². The fraction of sp³-hybridized carbons (Fsp3) is 0.360. The molecule has 0 radical (unpaired) electrons. The zero-order valence-corrected chi connectivity index (χ0v) is 20.2. The van der Waals surface area contributed by atoms with Crippen LogP contribution in [0.5, 0.6) is 0 Å². The van der Waals surface area contributed by atoms with Gasteiger partial charge in [0.05, 0.1) is 12.5 Å². The van der Waals surface area contributed by atoms with Crippen molar-refractivity contribution in [3.63, 3.8) is 0 Å². The van der Waals surface area contributed by atoms with E-state index in [2.05, 4.69) is 41.0 Å². The summed E-state index contributed by atoms with van der Waals surface area (Å²) in [5.41, 5.74) is 9.38. The van der Waals surface area contributed by atoms with Crippen LogP contribution in [0.1, 0.15) is 37.9 Å². The average molecular weight is 478 g/mol. The summed E-state index contributed by atoms with van der Waals surface area (Å²) in [6.07, 6.45) is 2.87. The molecular weight excluding hydrogens is 449 g/mol. The number of halogens is 1. The van der Waals surface area contributed by atoms with Gasteiger partial charge in [-0.25, -0.2) is 9.97 Å². The molecule has 9 nitrogen and oxygen atoms in total. The van der Waals surface area contributed by atoms with Crippen LogP contribution in [0.15, 0.2) is 39.5 Å². The maximum atomic E-state index is 14.1. The first-order chi connectivity index (χ1) is 16.7. The molecule has 0 saturated heterocycles. The minimum Gasteiger partial charge on any atom is -0.464 e. The molecule has 3 N–H and O–H groups in total. The molecule has 182 valence electrons. The van der Waals surface area contributed by atoms with Crippen molar-refractivity contribution in [1.82, 2.24) is 29.8 Å².